The van der Waals surface area contributed by atoms with Gasteiger partial charge in [-0.05, 0) is 38.1 Å². The minimum absolute atomic E-state index is 0.00122. The predicted molar refractivity (Wildman–Crippen MR) is 82.5 cm³/mol. The Labute approximate surface area is 127 Å². The molecule has 1 aromatic carbocycles. The minimum Gasteiger partial charge on any atom is -0.464 e. The molecule has 0 aliphatic carbocycles. The van der Waals surface area contributed by atoms with Gasteiger partial charge in [0.25, 0.3) is 0 Å². The molecular weight excluding hydrogens is 284 g/mol. The van der Waals surface area contributed by atoms with Crippen LogP contribution in [0.3, 0.4) is 0 Å². The normalized spacial score (nSPS) is 24.6. The number of fused-ring (bicyclic) bond motifs is 1. The second-order valence-corrected chi connectivity index (χ2v) is 6.86. The summed E-state index contributed by atoms with van der Waals surface area (Å²) in [6, 6.07) is 8.33. The van der Waals surface area contributed by atoms with E-state index in [0.717, 1.165) is 37.9 Å². The lowest BCUT2D eigenvalue weighted by Crippen LogP contribution is -2.43. The SMILES string of the molecule is O=C1OCC[C@@H]1N1CCC(c2nc3ccccc3s2)CC1. The number of esters is 1. The molecule has 0 radical (unpaired) electrons. The number of para-hydroxylation sites is 1. The van der Waals surface area contributed by atoms with E-state index in [0.29, 0.717) is 12.5 Å². The fourth-order valence-corrected chi connectivity index (χ4v) is 4.48. The van der Waals surface area contributed by atoms with E-state index in [4.69, 9.17) is 9.72 Å². The number of likely N-dealkylation sites (tertiary alicyclic amines) is 1. The van der Waals surface area contributed by atoms with Gasteiger partial charge < -0.3 is 4.74 Å². The highest BCUT2D eigenvalue weighted by atomic mass is 32.1. The van der Waals surface area contributed by atoms with Gasteiger partial charge in [0.1, 0.15) is 6.04 Å². The summed E-state index contributed by atoms with van der Waals surface area (Å²) in [6.45, 7) is 2.53. The molecule has 3 heterocycles. The molecule has 2 fully saturated rings. The third-order valence-corrected chi connectivity index (χ3v) is 5.74. The topological polar surface area (TPSA) is 42.4 Å². The van der Waals surface area contributed by atoms with Gasteiger partial charge in [0.15, 0.2) is 0 Å². The third-order valence-electron chi connectivity index (χ3n) is 4.54. The number of aromatic nitrogens is 1. The number of thiazole rings is 1. The van der Waals surface area contributed by atoms with Crippen molar-refractivity contribution >= 4 is 27.5 Å². The van der Waals surface area contributed by atoms with Gasteiger partial charge in [-0.1, -0.05) is 12.1 Å². The van der Waals surface area contributed by atoms with Crippen LogP contribution in [0.1, 0.15) is 30.2 Å². The molecule has 4 nitrogen and oxygen atoms in total. The minimum atomic E-state index is -0.0339. The van der Waals surface area contributed by atoms with Gasteiger partial charge in [0.05, 0.1) is 21.8 Å². The number of nitrogens with zero attached hydrogens (tertiary/aromatic N) is 2. The zero-order chi connectivity index (χ0) is 14.2. The molecule has 5 heteroatoms. The van der Waals surface area contributed by atoms with Gasteiger partial charge in [-0.25, -0.2) is 4.98 Å². The number of rotatable bonds is 2. The third kappa shape index (κ3) is 2.45. The molecule has 2 aromatic rings. The monoisotopic (exact) mass is 302 g/mol. The van der Waals surface area contributed by atoms with Crippen LogP contribution in [0.5, 0.6) is 0 Å². The summed E-state index contributed by atoms with van der Waals surface area (Å²) >= 11 is 1.82. The molecule has 0 unspecified atom stereocenters. The van der Waals surface area contributed by atoms with Crippen molar-refractivity contribution in [3.8, 4) is 0 Å². The molecule has 0 amide bonds. The number of carbonyl (C=O) groups excluding carboxylic acids is 1. The first-order valence-electron chi connectivity index (χ1n) is 7.57. The zero-order valence-corrected chi connectivity index (χ0v) is 12.6. The number of cyclic esters (lactones) is 1. The maximum atomic E-state index is 11.7. The van der Waals surface area contributed by atoms with Gasteiger partial charge in [-0.2, -0.15) is 0 Å². The van der Waals surface area contributed by atoms with Crippen molar-refractivity contribution in [2.24, 2.45) is 0 Å². The highest BCUT2D eigenvalue weighted by Crippen LogP contribution is 2.34. The molecular formula is C16H18N2O2S. The molecule has 2 saturated heterocycles. The summed E-state index contributed by atoms with van der Waals surface area (Å²) in [5.41, 5.74) is 1.11. The summed E-state index contributed by atoms with van der Waals surface area (Å²) in [5.74, 6) is 0.504. The average Bonchev–Trinajstić information content (AvgIpc) is 3.13. The number of piperidine rings is 1. The van der Waals surface area contributed by atoms with Crippen LogP contribution in [0.15, 0.2) is 24.3 Å². The van der Waals surface area contributed by atoms with Crippen LogP contribution in [0.2, 0.25) is 0 Å². The number of benzene rings is 1. The Kier molecular flexibility index (Phi) is 3.39. The maximum Gasteiger partial charge on any atom is 0.323 e. The number of ether oxygens (including phenoxy) is 1. The first-order chi connectivity index (χ1) is 10.3. The summed E-state index contributed by atoms with van der Waals surface area (Å²) < 4.78 is 6.35. The molecule has 4 rings (SSSR count). The lowest BCUT2D eigenvalue weighted by molar-refractivity contribution is -0.142. The fourth-order valence-electron chi connectivity index (χ4n) is 3.34. The van der Waals surface area contributed by atoms with Gasteiger partial charge in [0.2, 0.25) is 0 Å². The molecule has 0 saturated carbocycles. The Hall–Kier alpha value is -1.46. The summed E-state index contributed by atoms with van der Waals surface area (Å²) in [7, 11) is 0. The van der Waals surface area contributed by atoms with Crippen LogP contribution in [-0.4, -0.2) is 41.6 Å². The molecule has 0 spiro atoms. The number of carbonyl (C=O) groups is 1. The number of hydrogen-bond acceptors (Lipinski definition) is 5. The van der Waals surface area contributed by atoms with Gasteiger partial charge in [0, 0.05) is 12.3 Å². The molecule has 21 heavy (non-hydrogen) atoms. The Morgan fingerprint density at radius 1 is 1.19 bits per heavy atom. The molecule has 110 valence electrons. The van der Waals surface area contributed by atoms with E-state index in [1.54, 1.807) is 0 Å². The van der Waals surface area contributed by atoms with E-state index in [9.17, 15) is 4.79 Å². The molecule has 2 aliphatic rings. The van der Waals surface area contributed by atoms with Crippen molar-refractivity contribution in [2.45, 2.75) is 31.2 Å². The van der Waals surface area contributed by atoms with Crippen LogP contribution in [0.25, 0.3) is 10.2 Å². The smallest absolute Gasteiger partial charge is 0.323 e. The summed E-state index contributed by atoms with van der Waals surface area (Å²) in [6.07, 6.45) is 3.03. The first-order valence-corrected chi connectivity index (χ1v) is 8.39. The Morgan fingerprint density at radius 2 is 2.00 bits per heavy atom. The average molecular weight is 302 g/mol. The van der Waals surface area contributed by atoms with Gasteiger partial charge >= 0.3 is 5.97 Å². The van der Waals surface area contributed by atoms with Crippen molar-refractivity contribution in [2.75, 3.05) is 19.7 Å². The molecule has 1 atom stereocenters. The Bertz CT molecular complexity index is 628. The van der Waals surface area contributed by atoms with Gasteiger partial charge in [-0.3, -0.25) is 9.69 Å². The second kappa shape index (κ2) is 5.39. The second-order valence-electron chi connectivity index (χ2n) is 5.80. The molecule has 1 aromatic heterocycles. The first kappa shape index (κ1) is 13.2. The van der Waals surface area contributed by atoms with Crippen LogP contribution >= 0.6 is 11.3 Å². The van der Waals surface area contributed by atoms with Crippen molar-refractivity contribution in [1.29, 1.82) is 0 Å². The quantitative estimate of drug-likeness (QED) is 0.800. The van der Waals surface area contributed by atoms with E-state index in [1.165, 1.54) is 9.71 Å². The van der Waals surface area contributed by atoms with Crippen LogP contribution in [-0.2, 0) is 9.53 Å². The summed E-state index contributed by atoms with van der Waals surface area (Å²) in [5, 5.41) is 1.25. The van der Waals surface area contributed by atoms with E-state index in [2.05, 4.69) is 23.1 Å². The van der Waals surface area contributed by atoms with Crippen LogP contribution in [0, 0.1) is 0 Å². The lowest BCUT2D eigenvalue weighted by Gasteiger charge is -2.33. The predicted octanol–water partition coefficient (Wildman–Crippen LogP) is 2.79. The zero-order valence-electron chi connectivity index (χ0n) is 11.8. The van der Waals surface area contributed by atoms with Crippen molar-refractivity contribution in [1.82, 2.24) is 9.88 Å². The highest BCUT2D eigenvalue weighted by molar-refractivity contribution is 7.18. The van der Waals surface area contributed by atoms with Crippen LogP contribution < -0.4 is 0 Å². The lowest BCUT2D eigenvalue weighted by atomic mass is 9.96. The van der Waals surface area contributed by atoms with E-state index in [1.807, 2.05) is 17.4 Å². The van der Waals surface area contributed by atoms with Gasteiger partial charge in [-0.15, -0.1) is 11.3 Å². The Morgan fingerprint density at radius 3 is 2.71 bits per heavy atom. The van der Waals surface area contributed by atoms with E-state index in [-0.39, 0.29) is 12.0 Å². The largest absolute Gasteiger partial charge is 0.464 e. The van der Waals surface area contributed by atoms with Crippen molar-refractivity contribution in [3.63, 3.8) is 0 Å². The maximum absolute atomic E-state index is 11.7. The standard InChI is InChI=1S/C16H18N2O2S/c19-16-13(7-10-20-16)18-8-5-11(6-9-18)15-17-12-3-1-2-4-14(12)21-15/h1-4,11,13H,5-10H2/t13-/m0/s1. The highest BCUT2D eigenvalue weighted by Gasteiger charge is 2.35. The van der Waals surface area contributed by atoms with Crippen molar-refractivity contribution in [3.05, 3.63) is 29.3 Å². The number of hydrogen-bond donors (Lipinski definition) is 0. The molecule has 2 aliphatic heterocycles. The molecule has 0 bridgehead atoms. The van der Waals surface area contributed by atoms with E-state index < -0.39 is 0 Å². The molecule has 0 N–H and O–H groups in total. The Balaban J connectivity index is 1.46. The van der Waals surface area contributed by atoms with Crippen molar-refractivity contribution < 1.29 is 9.53 Å². The van der Waals surface area contributed by atoms with Crippen LogP contribution in [0.4, 0.5) is 0 Å². The van der Waals surface area contributed by atoms with E-state index >= 15 is 0 Å². The summed E-state index contributed by atoms with van der Waals surface area (Å²) in [4.78, 5) is 18.7. The fraction of sp³-hybridized carbons (Fsp3) is 0.500.